The summed E-state index contributed by atoms with van der Waals surface area (Å²) in [6.45, 7) is 5.03. The lowest BCUT2D eigenvalue weighted by Crippen LogP contribution is -2.41. The molecule has 1 aliphatic heterocycles. The largest absolute Gasteiger partial charge is 0.397 e. The first kappa shape index (κ1) is 13.4. The Labute approximate surface area is 123 Å². The number of anilines is 1. The Morgan fingerprint density at radius 2 is 2.20 bits per heavy atom. The van der Waals surface area contributed by atoms with Gasteiger partial charge < -0.3 is 10.6 Å². The predicted octanol–water partition coefficient (Wildman–Crippen LogP) is 3.81. The molecule has 2 heterocycles. The van der Waals surface area contributed by atoms with E-state index in [0.717, 1.165) is 29.5 Å². The van der Waals surface area contributed by atoms with Gasteiger partial charge in [-0.15, -0.1) is 11.3 Å². The summed E-state index contributed by atoms with van der Waals surface area (Å²) in [6.07, 6.45) is 3.40. The van der Waals surface area contributed by atoms with Crippen molar-refractivity contribution >= 4 is 33.0 Å². The molecule has 106 valence electrons. The maximum absolute atomic E-state index is 12.7. The van der Waals surface area contributed by atoms with Crippen LogP contribution in [0.2, 0.25) is 0 Å². The molecule has 3 nitrogen and oxygen atoms in total. The molecule has 1 aromatic heterocycles. The van der Waals surface area contributed by atoms with Gasteiger partial charge in [-0.2, -0.15) is 0 Å². The van der Waals surface area contributed by atoms with Crippen LogP contribution in [0.25, 0.3) is 10.1 Å². The summed E-state index contributed by atoms with van der Waals surface area (Å²) in [6, 6.07) is 6.51. The first-order valence-electron chi connectivity index (χ1n) is 7.17. The van der Waals surface area contributed by atoms with Crippen LogP contribution in [-0.4, -0.2) is 23.4 Å². The van der Waals surface area contributed by atoms with Crippen LogP contribution in [-0.2, 0) is 0 Å². The first-order chi connectivity index (χ1) is 9.58. The number of thiophene rings is 1. The van der Waals surface area contributed by atoms with Gasteiger partial charge in [0.2, 0.25) is 0 Å². The highest BCUT2D eigenvalue weighted by Gasteiger charge is 2.27. The second kappa shape index (κ2) is 5.09. The number of likely N-dealkylation sites (tertiary alicyclic amines) is 1. The van der Waals surface area contributed by atoms with Crippen molar-refractivity contribution in [2.24, 2.45) is 0 Å². The van der Waals surface area contributed by atoms with Crippen LogP contribution in [0, 0.1) is 6.92 Å². The number of amides is 1. The number of benzene rings is 1. The van der Waals surface area contributed by atoms with Gasteiger partial charge in [0.1, 0.15) is 4.88 Å². The summed E-state index contributed by atoms with van der Waals surface area (Å²) in [7, 11) is 0. The zero-order chi connectivity index (χ0) is 14.3. The molecule has 0 saturated carbocycles. The van der Waals surface area contributed by atoms with Crippen LogP contribution < -0.4 is 5.73 Å². The van der Waals surface area contributed by atoms with Crippen LogP contribution >= 0.6 is 11.3 Å². The first-order valence-corrected chi connectivity index (χ1v) is 7.99. The number of nitrogens with two attached hydrogens (primary N) is 1. The lowest BCUT2D eigenvalue weighted by molar-refractivity contribution is 0.0642. The molecule has 1 atom stereocenters. The van der Waals surface area contributed by atoms with Crippen LogP contribution in [0.15, 0.2) is 18.2 Å². The number of nitrogens with zero attached hydrogens (tertiary/aromatic N) is 1. The molecule has 2 N–H and O–H groups in total. The topological polar surface area (TPSA) is 46.3 Å². The van der Waals surface area contributed by atoms with E-state index in [4.69, 9.17) is 5.73 Å². The van der Waals surface area contributed by atoms with E-state index in [-0.39, 0.29) is 5.91 Å². The van der Waals surface area contributed by atoms with Gasteiger partial charge in [0, 0.05) is 22.7 Å². The fraction of sp³-hybridized carbons (Fsp3) is 0.438. The van der Waals surface area contributed by atoms with Crippen LogP contribution in [0.3, 0.4) is 0 Å². The average Bonchev–Trinajstić information content (AvgIpc) is 2.76. The third kappa shape index (κ3) is 2.18. The molecule has 1 aromatic carbocycles. The normalized spacial score (nSPS) is 19.5. The minimum atomic E-state index is 0.105. The molecule has 0 spiro atoms. The smallest absolute Gasteiger partial charge is 0.266 e. The van der Waals surface area contributed by atoms with Crippen molar-refractivity contribution < 1.29 is 4.79 Å². The molecule has 1 unspecified atom stereocenters. The lowest BCUT2D eigenvalue weighted by atomic mass is 10.0. The van der Waals surface area contributed by atoms with E-state index < -0.39 is 0 Å². The average molecular weight is 288 g/mol. The van der Waals surface area contributed by atoms with Crippen molar-refractivity contribution in [1.82, 2.24) is 4.90 Å². The highest BCUT2D eigenvalue weighted by molar-refractivity contribution is 7.21. The lowest BCUT2D eigenvalue weighted by Gasteiger charge is -2.33. The van der Waals surface area contributed by atoms with Crippen molar-refractivity contribution in [2.45, 2.75) is 39.2 Å². The molecule has 0 bridgehead atoms. The summed E-state index contributed by atoms with van der Waals surface area (Å²) in [5.41, 5.74) is 8.05. The minimum Gasteiger partial charge on any atom is -0.397 e. The van der Waals surface area contributed by atoms with Crippen molar-refractivity contribution in [1.29, 1.82) is 0 Å². The van der Waals surface area contributed by atoms with Crippen LogP contribution in [0.4, 0.5) is 5.69 Å². The standard InChI is InChI=1S/C16H20N2OS/c1-10-6-7-13-12(9-10)14(17)15(20-13)16(19)18-8-4-3-5-11(18)2/h6-7,9,11H,3-5,8,17H2,1-2H3. The van der Waals surface area contributed by atoms with E-state index in [0.29, 0.717) is 16.6 Å². The molecule has 0 aliphatic carbocycles. The monoisotopic (exact) mass is 288 g/mol. The fourth-order valence-corrected chi connectivity index (χ4v) is 3.98. The molecule has 1 fully saturated rings. The second-order valence-corrected chi connectivity index (χ2v) is 6.74. The number of hydrogen-bond donors (Lipinski definition) is 1. The number of piperidine rings is 1. The third-order valence-electron chi connectivity index (χ3n) is 4.14. The van der Waals surface area contributed by atoms with Crippen molar-refractivity contribution in [3.05, 3.63) is 28.6 Å². The number of nitrogen functional groups attached to an aromatic ring is 1. The van der Waals surface area contributed by atoms with Gasteiger partial charge in [-0.3, -0.25) is 4.79 Å². The molecule has 2 aromatic rings. The van der Waals surface area contributed by atoms with E-state index in [1.807, 2.05) is 11.8 Å². The molecule has 0 radical (unpaired) electrons. The molecule has 3 rings (SSSR count). The number of rotatable bonds is 1. The van der Waals surface area contributed by atoms with E-state index in [2.05, 4.69) is 25.1 Å². The summed E-state index contributed by atoms with van der Waals surface area (Å²) in [5, 5.41) is 1.02. The summed E-state index contributed by atoms with van der Waals surface area (Å²) in [5.74, 6) is 0.105. The molecule has 20 heavy (non-hydrogen) atoms. The van der Waals surface area contributed by atoms with Crippen molar-refractivity contribution in [2.75, 3.05) is 12.3 Å². The number of carbonyl (C=O) groups is 1. The fourth-order valence-electron chi connectivity index (χ4n) is 2.92. The molecule has 1 aliphatic rings. The van der Waals surface area contributed by atoms with E-state index in [1.54, 1.807) is 0 Å². The highest BCUT2D eigenvalue weighted by atomic mass is 32.1. The number of carbonyl (C=O) groups excluding carboxylic acids is 1. The van der Waals surface area contributed by atoms with E-state index >= 15 is 0 Å². The Balaban J connectivity index is 2.01. The Morgan fingerprint density at radius 3 is 2.95 bits per heavy atom. The minimum absolute atomic E-state index is 0.105. The van der Waals surface area contributed by atoms with Crippen LogP contribution in [0.1, 0.15) is 41.4 Å². The Kier molecular flexibility index (Phi) is 3.42. The van der Waals surface area contributed by atoms with Crippen molar-refractivity contribution in [3.63, 3.8) is 0 Å². The maximum atomic E-state index is 12.7. The Morgan fingerprint density at radius 1 is 1.40 bits per heavy atom. The Bertz CT molecular complexity index is 662. The third-order valence-corrected chi connectivity index (χ3v) is 5.31. The number of hydrogen-bond acceptors (Lipinski definition) is 3. The van der Waals surface area contributed by atoms with Gasteiger partial charge >= 0.3 is 0 Å². The predicted molar refractivity (Wildman–Crippen MR) is 85.3 cm³/mol. The summed E-state index contributed by atoms with van der Waals surface area (Å²) in [4.78, 5) is 15.4. The van der Waals surface area contributed by atoms with Gasteiger partial charge in [-0.1, -0.05) is 11.6 Å². The van der Waals surface area contributed by atoms with Gasteiger partial charge in [-0.05, 0) is 45.2 Å². The summed E-state index contributed by atoms with van der Waals surface area (Å²) >= 11 is 1.52. The zero-order valence-corrected chi connectivity index (χ0v) is 12.8. The molecular weight excluding hydrogens is 268 g/mol. The molecule has 4 heteroatoms. The maximum Gasteiger partial charge on any atom is 0.266 e. The molecule has 1 saturated heterocycles. The van der Waals surface area contributed by atoms with Crippen LogP contribution in [0.5, 0.6) is 0 Å². The number of aryl methyl sites for hydroxylation is 1. The zero-order valence-electron chi connectivity index (χ0n) is 12.0. The van der Waals surface area contributed by atoms with Gasteiger partial charge in [0.15, 0.2) is 0 Å². The summed E-state index contributed by atoms with van der Waals surface area (Å²) < 4.78 is 1.10. The molecule has 1 amide bonds. The quantitative estimate of drug-likeness (QED) is 0.867. The van der Waals surface area contributed by atoms with E-state index in [1.165, 1.54) is 23.3 Å². The van der Waals surface area contributed by atoms with Crippen molar-refractivity contribution in [3.8, 4) is 0 Å². The number of fused-ring (bicyclic) bond motifs is 1. The second-order valence-electron chi connectivity index (χ2n) is 5.69. The van der Waals surface area contributed by atoms with Gasteiger partial charge in [0.05, 0.1) is 5.69 Å². The SMILES string of the molecule is Cc1ccc2sc(C(=O)N3CCCCC3C)c(N)c2c1. The van der Waals surface area contributed by atoms with Gasteiger partial charge in [-0.25, -0.2) is 0 Å². The Hall–Kier alpha value is -1.55. The molecular formula is C16H20N2OS. The van der Waals surface area contributed by atoms with E-state index in [9.17, 15) is 4.79 Å². The van der Waals surface area contributed by atoms with Gasteiger partial charge in [0.25, 0.3) is 5.91 Å². The highest BCUT2D eigenvalue weighted by Crippen LogP contribution is 2.35.